The molecule has 0 saturated heterocycles. The number of rotatable bonds is 4. The van der Waals surface area contributed by atoms with Gasteiger partial charge in [0.1, 0.15) is 5.69 Å². The molecule has 0 spiro atoms. The van der Waals surface area contributed by atoms with Gasteiger partial charge in [0.05, 0.1) is 0 Å². The van der Waals surface area contributed by atoms with E-state index >= 15 is 0 Å². The van der Waals surface area contributed by atoms with E-state index in [1.54, 1.807) is 0 Å². The summed E-state index contributed by atoms with van der Waals surface area (Å²) in [4.78, 5) is 14.2. The van der Waals surface area contributed by atoms with Crippen LogP contribution in [0.3, 0.4) is 0 Å². The number of hydrogen-bond donors (Lipinski definition) is 0. The molecule has 96 valence electrons. The van der Waals surface area contributed by atoms with Crippen molar-refractivity contribution in [3.05, 3.63) is 22.4 Å². The molecule has 0 bridgehead atoms. The third kappa shape index (κ3) is 3.12. The standard InChI is InChI=1S/C13H21BrN2O/c1-6-16-8-11(14)7-12(16)13(17)15(5)10(4)9(2)3/h7-10H,6H2,1-5H3. The Morgan fingerprint density at radius 2 is 2.06 bits per heavy atom. The summed E-state index contributed by atoms with van der Waals surface area (Å²) in [5, 5.41) is 0. The monoisotopic (exact) mass is 300 g/mol. The molecule has 0 N–H and O–H groups in total. The maximum atomic E-state index is 12.4. The smallest absolute Gasteiger partial charge is 0.270 e. The number of hydrogen-bond acceptors (Lipinski definition) is 1. The summed E-state index contributed by atoms with van der Waals surface area (Å²) in [6.07, 6.45) is 1.95. The lowest BCUT2D eigenvalue weighted by Crippen LogP contribution is -2.39. The van der Waals surface area contributed by atoms with E-state index in [0.29, 0.717) is 5.92 Å². The van der Waals surface area contributed by atoms with Gasteiger partial charge in [-0.2, -0.15) is 0 Å². The van der Waals surface area contributed by atoms with Crippen molar-refractivity contribution >= 4 is 21.8 Å². The molecule has 3 nitrogen and oxygen atoms in total. The normalized spacial score (nSPS) is 12.9. The maximum absolute atomic E-state index is 12.4. The number of carbonyl (C=O) groups is 1. The van der Waals surface area contributed by atoms with Crippen LogP contribution in [0.2, 0.25) is 0 Å². The fraction of sp³-hybridized carbons (Fsp3) is 0.615. The van der Waals surface area contributed by atoms with Crippen LogP contribution in [0.15, 0.2) is 16.7 Å². The minimum Gasteiger partial charge on any atom is -0.343 e. The highest BCUT2D eigenvalue weighted by atomic mass is 79.9. The van der Waals surface area contributed by atoms with Crippen molar-refractivity contribution in [1.29, 1.82) is 0 Å². The Hall–Kier alpha value is -0.770. The number of carbonyl (C=O) groups excluding carboxylic acids is 1. The molecule has 0 radical (unpaired) electrons. The van der Waals surface area contributed by atoms with Gasteiger partial charge in [0.15, 0.2) is 0 Å². The van der Waals surface area contributed by atoms with E-state index in [4.69, 9.17) is 0 Å². The predicted octanol–water partition coefficient (Wildman–Crippen LogP) is 3.39. The fourth-order valence-electron chi connectivity index (χ4n) is 1.73. The van der Waals surface area contributed by atoms with Gasteiger partial charge < -0.3 is 9.47 Å². The van der Waals surface area contributed by atoms with Crippen LogP contribution < -0.4 is 0 Å². The van der Waals surface area contributed by atoms with Gasteiger partial charge in [-0.3, -0.25) is 4.79 Å². The lowest BCUT2D eigenvalue weighted by molar-refractivity contribution is 0.0696. The quantitative estimate of drug-likeness (QED) is 0.837. The molecule has 1 aromatic rings. The number of aromatic nitrogens is 1. The SMILES string of the molecule is CCn1cc(Br)cc1C(=O)N(C)C(C)C(C)C. The van der Waals surface area contributed by atoms with Crippen molar-refractivity contribution in [1.82, 2.24) is 9.47 Å². The second kappa shape index (κ2) is 5.71. The summed E-state index contributed by atoms with van der Waals surface area (Å²) >= 11 is 3.42. The molecule has 1 unspecified atom stereocenters. The molecule has 0 saturated carbocycles. The molecular weight excluding hydrogens is 280 g/mol. The first-order valence-electron chi connectivity index (χ1n) is 6.01. The zero-order chi connectivity index (χ0) is 13.2. The van der Waals surface area contributed by atoms with Crippen molar-refractivity contribution in [3.63, 3.8) is 0 Å². The van der Waals surface area contributed by atoms with Gasteiger partial charge in [-0.1, -0.05) is 13.8 Å². The lowest BCUT2D eigenvalue weighted by atomic mass is 10.1. The van der Waals surface area contributed by atoms with Crippen molar-refractivity contribution < 1.29 is 4.79 Å². The summed E-state index contributed by atoms with van der Waals surface area (Å²) < 4.78 is 2.92. The molecule has 0 aliphatic rings. The third-order valence-corrected chi connectivity index (χ3v) is 3.75. The molecule has 0 aliphatic heterocycles. The van der Waals surface area contributed by atoms with Crippen LogP contribution in [0, 0.1) is 5.92 Å². The second-order valence-electron chi connectivity index (χ2n) is 4.73. The summed E-state index contributed by atoms with van der Waals surface area (Å²) in [5.74, 6) is 0.538. The van der Waals surface area contributed by atoms with E-state index in [9.17, 15) is 4.79 Å². The molecule has 4 heteroatoms. The van der Waals surface area contributed by atoms with E-state index in [1.807, 2.05) is 35.7 Å². The molecule has 0 aromatic carbocycles. The molecule has 1 heterocycles. The first-order valence-corrected chi connectivity index (χ1v) is 6.80. The first kappa shape index (κ1) is 14.3. The number of amides is 1. The summed E-state index contributed by atoms with van der Waals surface area (Å²) in [5.41, 5.74) is 0.745. The molecular formula is C13H21BrN2O. The highest BCUT2D eigenvalue weighted by Crippen LogP contribution is 2.18. The van der Waals surface area contributed by atoms with Gasteiger partial charge in [-0.15, -0.1) is 0 Å². The molecule has 1 rings (SSSR count). The van der Waals surface area contributed by atoms with E-state index in [1.165, 1.54) is 0 Å². The lowest BCUT2D eigenvalue weighted by Gasteiger charge is -2.28. The topological polar surface area (TPSA) is 25.2 Å². The molecule has 1 amide bonds. The zero-order valence-electron chi connectivity index (χ0n) is 11.2. The van der Waals surface area contributed by atoms with Gasteiger partial charge in [0.2, 0.25) is 0 Å². The fourth-order valence-corrected chi connectivity index (χ4v) is 2.19. The zero-order valence-corrected chi connectivity index (χ0v) is 12.8. The van der Waals surface area contributed by atoms with Crippen LogP contribution in [0.5, 0.6) is 0 Å². The van der Waals surface area contributed by atoms with Gasteiger partial charge in [0, 0.05) is 30.3 Å². The van der Waals surface area contributed by atoms with Gasteiger partial charge in [0.25, 0.3) is 5.91 Å². The Morgan fingerprint density at radius 1 is 1.47 bits per heavy atom. The first-order chi connectivity index (χ1) is 7.88. The number of aryl methyl sites for hydroxylation is 1. The Morgan fingerprint density at radius 3 is 2.53 bits per heavy atom. The molecule has 0 aliphatic carbocycles. The van der Waals surface area contributed by atoms with E-state index in [0.717, 1.165) is 16.7 Å². The largest absolute Gasteiger partial charge is 0.343 e. The van der Waals surface area contributed by atoms with Gasteiger partial charge >= 0.3 is 0 Å². The molecule has 1 aromatic heterocycles. The van der Waals surface area contributed by atoms with Crippen LogP contribution in [-0.2, 0) is 6.54 Å². The minimum atomic E-state index is 0.0822. The van der Waals surface area contributed by atoms with Crippen molar-refractivity contribution in [3.8, 4) is 0 Å². The number of halogens is 1. The minimum absolute atomic E-state index is 0.0822. The molecule has 1 atom stereocenters. The Bertz CT molecular complexity index is 398. The third-order valence-electron chi connectivity index (χ3n) is 3.32. The number of nitrogens with zero attached hydrogens (tertiary/aromatic N) is 2. The maximum Gasteiger partial charge on any atom is 0.270 e. The van der Waals surface area contributed by atoms with Crippen molar-refractivity contribution in [2.75, 3.05) is 7.05 Å². The van der Waals surface area contributed by atoms with E-state index in [-0.39, 0.29) is 11.9 Å². The van der Waals surface area contributed by atoms with E-state index < -0.39 is 0 Å². The van der Waals surface area contributed by atoms with Crippen LogP contribution in [0.1, 0.15) is 38.2 Å². The van der Waals surface area contributed by atoms with Crippen molar-refractivity contribution in [2.45, 2.75) is 40.3 Å². The van der Waals surface area contributed by atoms with Gasteiger partial charge in [-0.05, 0) is 41.8 Å². The van der Waals surface area contributed by atoms with Gasteiger partial charge in [-0.25, -0.2) is 0 Å². The average molecular weight is 301 g/mol. The highest BCUT2D eigenvalue weighted by Gasteiger charge is 2.22. The second-order valence-corrected chi connectivity index (χ2v) is 5.65. The summed E-state index contributed by atoms with van der Waals surface area (Å²) in [6.45, 7) is 9.18. The predicted molar refractivity (Wildman–Crippen MR) is 74.2 cm³/mol. The highest BCUT2D eigenvalue weighted by molar-refractivity contribution is 9.10. The molecule has 17 heavy (non-hydrogen) atoms. The Labute approximate surface area is 112 Å². The van der Waals surface area contributed by atoms with Crippen LogP contribution in [0.4, 0.5) is 0 Å². The van der Waals surface area contributed by atoms with Crippen LogP contribution >= 0.6 is 15.9 Å². The van der Waals surface area contributed by atoms with Crippen molar-refractivity contribution in [2.24, 2.45) is 5.92 Å². The summed E-state index contributed by atoms with van der Waals surface area (Å²) in [6, 6.07) is 2.12. The summed E-state index contributed by atoms with van der Waals surface area (Å²) in [7, 11) is 1.87. The average Bonchev–Trinajstić information content (AvgIpc) is 2.67. The van der Waals surface area contributed by atoms with E-state index in [2.05, 4.69) is 36.7 Å². The Kier molecular flexibility index (Phi) is 4.80. The Balaban J connectivity index is 2.95. The van der Waals surface area contributed by atoms with Crippen LogP contribution in [0.25, 0.3) is 0 Å². The molecule has 0 fully saturated rings. The van der Waals surface area contributed by atoms with Crippen LogP contribution in [-0.4, -0.2) is 28.5 Å².